The van der Waals surface area contributed by atoms with Crippen LogP contribution in [0.1, 0.15) is 45.2 Å². The highest BCUT2D eigenvalue weighted by Gasteiger charge is 2.32. The van der Waals surface area contributed by atoms with Gasteiger partial charge < -0.3 is 9.08 Å². The quantitative estimate of drug-likeness (QED) is 0.508. The molecule has 2 rings (SSSR count). The first-order chi connectivity index (χ1) is 14.4. The molecule has 0 radical (unpaired) electrons. The molecule has 0 aliphatic rings. The number of amides is 1. The average Bonchev–Trinajstić information content (AvgIpc) is 2.71. The maximum absolute atomic E-state index is 13.0. The Kier molecular flexibility index (Phi) is 7.75. The van der Waals surface area contributed by atoms with Gasteiger partial charge >= 0.3 is 16.3 Å². The summed E-state index contributed by atoms with van der Waals surface area (Å²) in [6, 6.07) is 9.54. The van der Waals surface area contributed by atoms with Crippen LogP contribution in [0.15, 0.2) is 53.4 Å². The van der Waals surface area contributed by atoms with Crippen LogP contribution in [0, 0.1) is 5.92 Å². The molecule has 0 fully saturated rings. The standard InChI is InChI=1S/C22H26F3NO4S/c1-5-16(4)26(21(27)15(2)3)14-17-9-6-7-12-20(17)30-31(28,29)19-11-8-10-18(13-19)22(23,24)25/h6-13,15-16H,5,14H2,1-4H3. The van der Waals surface area contributed by atoms with Gasteiger partial charge in [0, 0.05) is 24.1 Å². The summed E-state index contributed by atoms with van der Waals surface area (Å²) >= 11 is 0. The number of alkyl halides is 3. The lowest BCUT2D eigenvalue weighted by Crippen LogP contribution is -2.40. The molecular formula is C22H26F3NO4S. The lowest BCUT2D eigenvalue weighted by atomic mass is 10.1. The molecule has 1 atom stereocenters. The topological polar surface area (TPSA) is 63.7 Å². The normalized spacial score (nSPS) is 13.2. The van der Waals surface area contributed by atoms with E-state index in [1.54, 1.807) is 36.9 Å². The first-order valence-corrected chi connectivity index (χ1v) is 11.3. The Morgan fingerprint density at radius 3 is 2.29 bits per heavy atom. The van der Waals surface area contributed by atoms with E-state index >= 15 is 0 Å². The molecule has 0 spiro atoms. The van der Waals surface area contributed by atoms with Gasteiger partial charge in [-0.3, -0.25) is 4.79 Å². The fourth-order valence-electron chi connectivity index (χ4n) is 2.90. The van der Waals surface area contributed by atoms with Crippen LogP contribution in [-0.2, 0) is 27.6 Å². The number of para-hydroxylation sites is 1. The summed E-state index contributed by atoms with van der Waals surface area (Å²) in [5, 5.41) is 0. The Balaban J connectivity index is 2.38. The Morgan fingerprint density at radius 1 is 1.06 bits per heavy atom. The molecule has 0 aromatic heterocycles. The Bertz CT molecular complexity index is 1020. The van der Waals surface area contributed by atoms with Crippen molar-refractivity contribution < 1.29 is 30.6 Å². The first-order valence-electron chi connectivity index (χ1n) is 9.87. The van der Waals surface area contributed by atoms with Crippen molar-refractivity contribution in [1.29, 1.82) is 0 Å². The van der Waals surface area contributed by atoms with Gasteiger partial charge in [0.25, 0.3) is 0 Å². The second-order valence-electron chi connectivity index (χ2n) is 7.55. The van der Waals surface area contributed by atoms with Crippen molar-refractivity contribution in [3.05, 3.63) is 59.7 Å². The van der Waals surface area contributed by atoms with E-state index in [9.17, 15) is 26.4 Å². The summed E-state index contributed by atoms with van der Waals surface area (Å²) in [6.45, 7) is 7.49. The predicted octanol–water partition coefficient (Wildman–Crippen LogP) is 5.26. The molecule has 0 bridgehead atoms. The zero-order valence-electron chi connectivity index (χ0n) is 17.8. The molecule has 2 aromatic rings. The molecule has 0 aliphatic heterocycles. The van der Waals surface area contributed by atoms with Crippen molar-refractivity contribution >= 4 is 16.0 Å². The predicted molar refractivity (Wildman–Crippen MR) is 111 cm³/mol. The summed E-state index contributed by atoms with van der Waals surface area (Å²) in [6.07, 6.45) is -3.98. The number of carbonyl (C=O) groups is 1. The van der Waals surface area contributed by atoms with Crippen molar-refractivity contribution in [1.82, 2.24) is 4.90 Å². The van der Waals surface area contributed by atoms with Crippen LogP contribution in [0.3, 0.4) is 0 Å². The van der Waals surface area contributed by atoms with Crippen LogP contribution in [0.25, 0.3) is 0 Å². The SMILES string of the molecule is CCC(C)N(Cc1ccccc1OS(=O)(=O)c1cccc(C(F)(F)F)c1)C(=O)C(C)C. The maximum Gasteiger partial charge on any atom is 0.416 e. The number of hydrogen-bond acceptors (Lipinski definition) is 4. The van der Waals surface area contributed by atoms with Gasteiger partial charge in [-0.15, -0.1) is 0 Å². The lowest BCUT2D eigenvalue weighted by molar-refractivity contribution is -0.138. The third-order valence-electron chi connectivity index (χ3n) is 4.86. The molecule has 0 heterocycles. The van der Waals surface area contributed by atoms with Crippen LogP contribution >= 0.6 is 0 Å². The minimum atomic E-state index is -4.68. The number of benzene rings is 2. The zero-order valence-corrected chi connectivity index (χ0v) is 18.6. The highest BCUT2D eigenvalue weighted by molar-refractivity contribution is 7.87. The van der Waals surface area contributed by atoms with E-state index in [0.29, 0.717) is 18.1 Å². The minimum Gasteiger partial charge on any atom is -0.379 e. The van der Waals surface area contributed by atoms with Gasteiger partial charge in [-0.05, 0) is 37.6 Å². The Hall–Kier alpha value is -2.55. The summed E-state index contributed by atoms with van der Waals surface area (Å²) < 4.78 is 69.5. The number of hydrogen-bond donors (Lipinski definition) is 0. The smallest absolute Gasteiger partial charge is 0.379 e. The van der Waals surface area contributed by atoms with E-state index in [2.05, 4.69) is 0 Å². The van der Waals surface area contributed by atoms with E-state index in [1.807, 2.05) is 13.8 Å². The van der Waals surface area contributed by atoms with Crippen molar-refractivity contribution in [3.8, 4) is 5.75 Å². The molecule has 0 saturated heterocycles. The minimum absolute atomic E-state index is 0.0372. The number of halogens is 3. The molecule has 0 N–H and O–H groups in total. The van der Waals surface area contributed by atoms with Crippen molar-refractivity contribution in [2.75, 3.05) is 0 Å². The van der Waals surface area contributed by atoms with Crippen LogP contribution in [0.2, 0.25) is 0 Å². The van der Waals surface area contributed by atoms with Crippen LogP contribution in [0.5, 0.6) is 5.75 Å². The zero-order chi connectivity index (χ0) is 23.4. The monoisotopic (exact) mass is 457 g/mol. The average molecular weight is 458 g/mol. The molecule has 0 aliphatic carbocycles. The summed E-state index contributed by atoms with van der Waals surface area (Å²) in [5.41, 5.74) is -0.650. The highest BCUT2D eigenvalue weighted by Crippen LogP contribution is 2.32. The summed E-state index contributed by atoms with van der Waals surface area (Å²) in [7, 11) is -4.52. The molecule has 2 aromatic carbocycles. The van der Waals surface area contributed by atoms with E-state index in [4.69, 9.17) is 4.18 Å². The van der Waals surface area contributed by atoms with Crippen molar-refractivity contribution in [2.45, 2.75) is 57.8 Å². The number of nitrogens with zero attached hydrogens (tertiary/aromatic N) is 1. The maximum atomic E-state index is 13.0. The van der Waals surface area contributed by atoms with E-state index < -0.39 is 26.8 Å². The van der Waals surface area contributed by atoms with E-state index in [1.165, 1.54) is 6.07 Å². The molecule has 1 unspecified atom stereocenters. The van der Waals surface area contributed by atoms with Gasteiger partial charge in [0.1, 0.15) is 10.6 Å². The number of rotatable bonds is 8. The molecule has 5 nitrogen and oxygen atoms in total. The van der Waals surface area contributed by atoms with Crippen molar-refractivity contribution in [3.63, 3.8) is 0 Å². The van der Waals surface area contributed by atoms with E-state index in [0.717, 1.165) is 18.2 Å². The number of carbonyl (C=O) groups excluding carboxylic acids is 1. The van der Waals surface area contributed by atoms with E-state index in [-0.39, 0.29) is 30.2 Å². The molecule has 1 amide bonds. The van der Waals surface area contributed by atoms with Gasteiger partial charge in [-0.25, -0.2) is 0 Å². The summed E-state index contributed by atoms with van der Waals surface area (Å²) in [5.74, 6) is -0.384. The van der Waals surface area contributed by atoms with Gasteiger partial charge in [0.05, 0.1) is 5.56 Å². The largest absolute Gasteiger partial charge is 0.416 e. The van der Waals surface area contributed by atoms with Gasteiger partial charge in [0.15, 0.2) is 0 Å². The van der Waals surface area contributed by atoms with Crippen LogP contribution in [-0.4, -0.2) is 25.3 Å². The Morgan fingerprint density at radius 2 is 1.71 bits per heavy atom. The molecule has 0 saturated carbocycles. The molecular weight excluding hydrogens is 431 g/mol. The Labute approximate surface area is 181 Å². The fourth-order valence-corrected chi connectivity index (χ4v) is 3.91. The second kappa shape index (κ2) is 9.72. The first kappa shape index (κ1) is 24.7. The van der Waals surface area contributed by atoms with Gasteiger partial charge in [-0.2, -0.15) is 21.6 Å². The van der Waals surface area contributed by atoms with Gasteiger partial charge in [-0.1, -0.05) is 45.0 Å². The summed E-state index contributed by atoms with van der Waals surface area (Å²) in [4.78, 5) is 13.7. The fraction of sp³-hybridized carbons (Fsp3) is 0.409. The molecule has 9 heteroatoms. The molecule has 170 valence electrons. The highest BCUT2D eigenvalue weighted by atomic mass is 32.2. The third kappa shape index (κ3) is 6.22. The lowest BCUT2D eigenvalue weighted by Gasteiger charge is -2.31. The van der Waals surface area contributed by atoms with Crippen LogP contribution in [0.4, 0.5) is 13.2 Å². The molecule has 31 heavy (non-hydrogen) atoms. The second-order valence-corrected chi connectivity index (χ2v) is 9.10. The van der Waals surface area contributed by atoms with Crippen molar-refractivity contribution in [2.24, 2.45) is 5.92 Å². The van der Waals surface area contributed by atoms with Gasteiger partial charge in [0.2, 0.25) is 5.91 Å². The third-order valence-corrected chi connectivity index (χ3v) is 6.09. The van der Waals surface area contributed by atoms with Crippen LogP contribution < -0.4 is 4.18 Å².